The minimum Gasteiger partial charge on any atom is -0.354 e. The fraction of sp³-hybridized carbons (Fsp3) is 0.250. The SMILES string of the molecule is O=C(CNC(=O)Cc1ccccc1)NCCc1cccs1. The van der Waals surface area contributed by atoms with E-state index < -0.39 is 0 Å². The third-order valence-corrected chi connectivity index (χ3v) is 3.86. The summed E-state index contributed by atoms with van der Waals surface area (Å²) in [4.78, 5) is 24.5. The maximum atomic E-state index is 11.7. The van der Waals surface area contributed by atoms with Gasteiger partial charge in [0.05, 0.1) is 13.0 Å². The fourth-order valence-corrected chi connectivity index (χ4v) is 2.57. The zero-order valence-electron chi connectivity index (χ0n) is 11.7. The molecule has 4 nitrogen and oxygen atoms in total. The Hall–Kier alpha value is -2.14. The van der Waals surface area contributed by atoms with E-state index in [0.29, 0.717) is 13.0 Å². The van der Waals surface area contributed by atoms with E-state index in [0.717, 1.165) is 12.0 Å². The summed E-state index contributed by atoms with van der Waals surface area (Å²) in [5, 5.41) is 7.43. The normalized spacial score (nSPS) is 10.1. The number of carbonyl (C=O) groups excluding carboxylic acids is 2. The highest BCUT2D eigenvalue weighted by atomic mass is 32.1. The summed E-state index contributed by atoms with van der Waals surface area (Å²) in [7, 11) is 0. The number of hydrogen-bond acceptors (Lipinski definition) is 3. The topological polar surface area (TPSA) is 58.2 Å². The Bertz CT molecular complexity index is 567. The average Bonchev–Trinajstić information content (AvgIpc) is 2.99. The molecule has 0 bridgehead atoms. The zero-order valence-corrected chi connectivity index (χ0v) is 12.5. The summed E-state index contributed by atoms with van der Waals surface area (Å²) in [6, 6.07) is 13.5. The second-order valence-electron chi connectivity index (χ2n) is 4.62. The maximum Gasteiger partial charge on any atom is 0.239 e. The van der Waals surface area contributed by atoms with Gasteiger partial charge >= 0.3 is 0 Å². The smallest absolute Gasteiger partial charge is 0.239 e. The second-order valence-corrected chi connectivity index (χ2v) is 5.65. The first kappa shape index (κ1) is 15.3. The second kappa shape index (κ2) is 8.21. The molecule has 0 radical (unpaired) electrons. The van der Waals surface area contributed by atoms with Gasteiger partial charge in [0.15, 0.2) is 0 Å². The van der Waals surface area contributed by atoms with E-state index >= 15 is 0 Å². The zero-order chi connectivity index (χ0) is 14.9. The van der Waals surface area contributed by atoms with Gasteiger partial charge in [-0.15, -0.1) is 11.3 Å². The molecule has 0 unspecified atom stereocenters. The Balaban J connectivity index is 1.61. The average molecular weight is 302 g/mol. The summed E-state index contributed by atoms with van der Waals surface area (Å²) in [5.41, 5.74) is 0.938. The summed E-state index contributed by atoms with van der Waals surface area (Å²) in [6.07, 6.45) is 1.12. The van der Waals surface area contributed by atoms with Crippen molar-refractivity contribution in [1.82, 2.24) is 10.6 Å². The van der Waals surface area contributed by atoms with Crippen LogP contribution in [-0.4, -0.2) is 24.9 Å². The van der Waals surface area contributed by atoms with Crippen LogP contribution in [0, 0.1) is 0 Å². The van der Waals surface area contributed by atoms with E-state index in [9.17, 15) is 9.59 Å². The minimum atomic E-state index is -0.159. The number of carbonyl (C=O) groups is 2. The molecule has 0 aliphatic rings. The van der Waals surface area contributed by atoms with Crippen LogP contribution in [-0.2, 0) is 22.4 Å². The molecule has 2 N–H and O–H groups in total. The van der Waals surface area contributed by atoms with E-state index in [1.54, 1.807) is 11.3 Å². The molecule has 0 saturated heterocycles. The predicted octanol–water partition coefficient (Wildman–Crippen LogP) is 1.77. The van der Waals surface area contributed by atoms with Gasteiger partial charge in [0.2, 0.25) is 11.8 Å². The fourth-order valence-electron chi connectivity index (χ4n) is 1.87. The van der Waals surface area contributed by atoms with Crippen LogP contribution < -0.4 is 10.6 Å². The van der Waals surface area contributed by atoms with Gasteiger partial charge < -0.3 is 10.6 Å². The molecular weight excluding hydrogens is 284 g/mol. The Morgan fingerprint density at radius 3 is 2.48 bits per heavy atom. The molecule has 0 aliphatic carbocycles. The van der Waals surface area contributed by atoms with E-state index in [1.807, 2.05) is 47.8 Å². The van der Waals surface area contributed by atoms with Crippen molar-refractivity contribution in [2.75, 3.05) is 13.1 Å². The molecule has 2 amide bonds. The molecule has 0 fully saturated rings. The maximum absolute atomic E-state index is 11.7. The molecule has 21 heavy (non-hydrogen) atoms. The summed E-state index contributed by atoms with van der Waals surface area (Å²) >= 11 is 1.67. The number of amides is 2. The molecule has 1 aromatic heterocycles. The van der Waals surface area contributed by atoms with Gasteiger partial charge in [-0.2, -0.15) is 0 Å². The van der Waals surface area contributed by atoms with Crippen molar-refractivity contribution in [1.29, 1.82) is 0 Å². The standard InChI is InChI=1S/C16H18N2O2S/c19-15(11-13-5-2-1-3-6-13)18-12-16(20)17-9-8-14-7-4-10-21-14/h1-7,10H,8-9,11-12H2,(H,17,20)(H,18,19). The third kappa shape index (κ3) is 5.79. The Morgan fingerprint density at radius 2 is 1.76 bits per heavy atom. The highest BCUT2D eigenvalue weighted by molar-refractivity contribution is 7.09. The molecule has 1 heterocycles. The van der Waals surface area contributed by atoms with E-state index in [1.165, 1.54) is 4.88 Å². The van der Waals surface area contributed by atoms with Crippen LogP contribution >= 0.6 is 11.3 Å². The molecule has 2 aromatic rings. The van der Waals surface area contributed by atoms with E-state index in [4.69, 9.17) is 0 Å². The van der Waals surface area contributed by atoms with Gasteiger partial charge in [0, 0.05) is 11.4 Å². The van der Waals surface area contributed by atoms with E-state index in [2.05, 4.69) is 10.6 Å². The predicted molar refractivity (Wildman–Crippen MR) is 84.2 cm³/mol. The highest BCUT2D eigenvalue weighted by Crippen LogP contribution is 2.07. The molecule has 0 spiro atoms. The molecule has 2 rings (SSSR count). The van der Waals surface area contributed by atoms with Crippen LogP contribution in [0.1, 0.15) is 10.4 Å². The van der Waals surface area contributed by atoms with Gasteiger partial charge in [0.25, 0.3) is 0 Å². The minimum absolute atomic E-state index is 0.0239. The monoisotopic (exact) mass is 302 g/mol. The van der Waals surface area contributed by atoms with Crippen LogP contribution in [0.15, 0.2) is 47.8 Å². The van der Waals surface area contributed by atoms with Gasteiger partial charge in [0.1, 0.15) is 0 Å². The summed E-state index contributed by atoms with van der Waals surface area (Å²) < 4.78 is 0. The number of hydrogen-bond donors (Lipinski definition) is 2. The number of thiophene rings is 1. The number of rotatable bonds is 7. The van der Waals surface area contributed by atoms with Gasteiger partial charge in [-0.25, -0.2) is 0 Å². The first-order valence-corrected chi connectivity index (χ1v) is 7.72. The number of nitrogens with one attached hydrogen (secondary N) is 2. The largest absolute Gasteiger partial charge is 0.354 e. The van der Waals surface area contributed by atoms with Crippen molar-refractivity contribution < 1.29 is 9.59 Å². The van der Waals surface area contributed by atoms with Crippen molar-refractivity contribution in [3.63, 3.8) is 0 Å². The van der Waals surface area contributed by atoms with E-state index in [-0.39, 0.29) is 18.4 Å². The van der Waals surface area contributed by atoms with Crippen LogP contribution in [0.3, 0.4) is 0 Å². The molecular formula is C16H18N2O2S. The lowest BCUT2D eigenvalue weighted by Gasteiger charge is -2.06. The van der Waals surface area contributed by atoms with Crippen molar-refractivity contribution in [2.45, 2.75) is 12.8 Å². The van der Waals surface area contributed by atoms with Crippen molar-refractivity contribution in [3.8, 4) is 0 Å². The van der Waals surface area contributed by atoms with Gasteiger partial charge in [-0.05, 0) is 23.4 Å². The van der Waals surface area contributed by atoms with Crippen molar-refractivity contribution in [3.05, 3.63) is 58.3 Å². The number of benzene rings is 1. The molecule has 1 aromatic carbocycles. The van der Waals surface area contributed by atoms with Crippen LogP contribution in [0.5, 0.6) is 0 Å². The van der Waals surface area contributed by atoms with Crippen LogP contribution in [0.2, 0.25) is 0 Å². The molecule has 0 saturated carbocycles. The summed E-state index contributed by atoms with van der Waals surface area (Å²) in [6.45, 7) is 0.615. The van der Waals surface area contributed by atoms with Gasteiger partial charge in [-0.1, -0.05) is 36.4 Å². The lowest BCUT2D eigenvalue weighted by molar-refractivity contribution is -0.125. The van der Waals surface area contributed by atoms with Crippen molar-refractivity contribution >= 4 is 23.2 Å². The third-order valence-electron chi connectivity index (χ3n) is 2.93. The first-order valence-electron chi connectivity index (χ1n) is 6.84. The van der Waals surface area contributed by atoms with Crippen molar-refractivity contribution in [2.24, 2.45) is 0 Å². The van der Waals surface area contributed by atoms with Crippen LogP contribution in [0.4, 0.5) is 0 Å². The molecule has 110 valence electrons. The lowest BCUT2D eigenvalue weighted by Crippen LogP contribution is -2.38. The molecule has 0 atom stereocenters. The first-order chi connectivity index (χ1) is 10.2. The Kier molecular flexibility index (Phi) is 5.97. The van der Waals surface area contributed by atoms with Gasteiger partial charge in [-0.3, -0.25) is 9.59 Å². The lowest BCUT2D eigenvalue weighted by atomic mass is 10.1. The molecule has 5 heteroatoms. The summed E-state index contributed by atoms with van der Waals surface area (Å²) in [5.74, 6) is -0.303. The molecule has 0 aliphatic heterocycles. The Morgan fingerprint density at radius 1 is 0.952 bits per heavy atom. The highest BCUT2D eigenvalue weighted by Gasteiger charge is 2.06. The quantitative estimate of drug-likeness (QED) is 0.819. The van der Waals surface area contributed by atoms with Crippen LogP contribution in [0.25, 0.3) is 0 Å². The Labute approximate surface area is 128 Å².